The number of halogens is 1. The van der Waals surface area contributed by atoms with Crippen molar-refractivity contribution in [1.29, 1.82) is 0 Å². The molecule has 1 heterocycles. The van der Waals surface area contributed by atoms with E-state index in [1.165, 1.54) is 12.1 Å². The average molecular weight is 421 g/mol. The minimum absolute atomic E-state index is 0.0873. The first kappa shape index (κ1) is 20.7. The number of hydrogen-bond donors (Lipinski definition) is 1. The van der Waals surface area contributed by atoms with Gasteiger partial charge in [0.2, 0.25) is 0 Å². The smallest absolute Gasteiger partial charge is 0.263 e. The van der Waals surface area contributed by atoms with Crippen LogP contribution in [0.25, 0.3) is 0 Å². The second kappa shape index (κ2) is 8.53. The Balaban J connectivity index is 1.90. The molecule has 0 radical (unpaired) electrons. The second-order valence-corrected chi connectivity index (χ2v) is 9.39. The van der Waals surface area contributed by atoms with Gasteiger partial charge in [-0.25, -0.2) is 8.42 Å². The Kier molecular flexibility index (Phi) is 6.30. The number of nitrogens with one attached hydrogen (secondary N) is 1. The summed E-state index contributed by atoms with van der Waals surface area (Å²) >= 11 is 6.18. The highest BCUT2D eigenvalue weighted by molar-refractivity contribution is 7.92. The van der Waals surface area contributed by atoms with Crippen LogP contribution < -0.4 is 4.72 Å². The Morgan fingerprint density at radius 1 is 0.964 bits per heavy atom. The van der Waals surface area contributed by atoms with E-state index in [0.717, 1.165) is 36.8 Å². The van der Waals surface area contributed by atoms with Crippen LogP contribution in [0, 0.1) is 13.8 Å². The van der Waals surface area contributed by atoms with Crippen LogP contribution in [0.1, 0.15) is 47.2 Å². The molecule has 1 saturated heterocycles. The topological polar surface area (TPSA) is 66.5 Å². The summed E-state index contributed by atoms with van der Waals surface area (Å²) in [7, 11) is -3.92. The Morgan fingerprint density at radius 3 is 2.18 bits per heavy atom. The summed E-state index contributed by atoms with van der Waals surface area (Å²) in [6.45, 7) is 5.20. The van der Waals surface area contributed by atoms with Gasteiger partial charge in [0.15, 0.2) is 0 Å². The fourth-order valence-corrected chi connectivity index (χ4v) is 5.11. The lowest BCUT2D eigenvalue weighted by atomic mass is 10.1. The van der Waals surface area contributed by atoms with Gasteiger partial charge in [0.25, 0.3) is 15.9 Å². The zero-order chi connectivity index (χ0) is 20.3. The van der Waals surface area contributed by atoms with E-state index in [4.69, 9.17) is 11.6 Å². The zero-order valence-corrected chi connectivity index (χ0v) is 17.7. The predicted octanol–water partition coefficient (Wildman–Crippen LogP) is 4.77. The van der Waals surface area contributed by atoms with Crippen LogP contribution in [0.2, 0.25) is 5.02 Å². The first-order chi connectivity index (χ1) is 13.3. The summed E-state index contributed by atoms with van der Waals surface area (Å²) in [5.74, 6) is -0.151. The quantitative estimate of drug-likeness (QED) is 0.774. The van der Waals surface area contributed by atoms with E-state index in [2.05, 4.69) is 4.72 Å². The number of carbonyl (C=O) groups is 1. The molecule has 0 bridgehead atoms. The summed E-state index contributed by atoms with van der Waals surface area (Å²) in [5.41, 5.74) is 2.72. The molecule has 0 spiro atoms. The van der Waals surface area contributed by atoms with Gasteiger partial charge in [-0.15, -0.1) is 0 Å². The molecule has 5 nitrogen and oxygen atoms in total. The van der Waals surface area contributed by atoms with Gasteiger partial charge in [-0.3, -0.25) is 9.52 Å². The molecular formula is C21H25ClN2O3S. The largest absolute Gasteiger partial charge is 0.339 e. The summed E-state index contributed by atoms with van der Waals surface area (Å²) < 4.78 is 28.4. The van der Waals surface area contributed by atoms with E-state index in [9.17, 15) is 13.2 Å². The SMILES string of the molecule is Cc1cc(C)cc(NS(=O)(=O)c2cc(C(=O)N3CCCCCC3)ccc2Cl)c1. The van der Waals surface area contributed by atoms with Crippen LogP contribution in [0.5, 0.6) is 0 Å². The average Bonchev–Trinajstić information content (AvgIpc) is 2.89. The number of likely N-dealkylation sites (tertiary alicyclic amines) is 1. The number of nitrogens with zero attached hydrogens (tertiary/aromatic N) is 1. The Bertz CT molecular complexity index is 961. The number of benzene rings is 2. The van der Waals surface area contributed by atoms with Crippen molar-refractivity contribution in [1.82, 2.24) is 4.90 Å². The molecule has 28 heavy (non-hydrogen) atoms. The maximum atomic E-state index is 12.9. The lowest BCUT2D eigenvalue weighted by Gasteiger charge is -2.21. The first-order valence-corrected chi connectivity index (χ1v) is 11.3. The zero-order valence-electron chi connectivity index (χ0n) is 16.2. The number of carbonyl (C=O) groups excluding carboxylic acids is 1. The molecule has 1 amide bonds. The van der Waals surface area contributed by atoms with Gasteiger partial charge in [0, 0.05) is 24.3 Å². The molecule has 7 heteroatoms. The summed E-state index contributed by atoms with van der Waals surface area (Å²) in [6, 6.07) is 9.91. The Hall–Kier alpha value is -2.05. The van der Waals surface area contributed by atoms with Crippen molar-refractivity contribution >= 4 is 33.2 Å². The fraction of sp³-hybridized carbons (Fsp3) is 0.381. The molecule has 0 unspecified atom stereocenters. The van der Waals surface area contributed by atoms with Gasteiger partial charge >= 0.3 is 0 Å². The van der Waals surface area contributed by atoms with Crippen molar-refractivity contribution in [3.8, 4) is 0 Å². The van der Waals surface area contributed by atoms with Crippen LogP contribution in [0.3, 0.4) is 0 Å². The van der Waals surface area contributed by atoms with E-state index >= 15 is 0 Å². The molecule has 1 fully saturated rings. The fourth-order valence-electron chi connectivity index (χ4n) is 3.54. The van der Waals surface area contributed by atoms with E-state index in [-0.39, 0.29) is 15.8 Å². The molecule has 1 aliphatic rings. The third kappa shape index (κ3) is 4.86. The molecule has 2 aromatic carbocycles. The van der Waals surface area contributed by atoms with Crippen molar-refractivity contribution in [2.45, 2.75) is 44.4 Å². The molecule has 1 aliphatic heterocycles. The van der Waals surface area contributed by atoms with Crippen molar-refractivity contribution in [3.05, 3.63) is 58.1 Å². The van der Waals surface area contributed by atoms with Crippen molar-refractivity contribution in [3.63, 3.8) is 0 Å². The molecule has 1 N–H and O–H groups in total. The first-order valence-electron chi connectivity index (χ1n) is 9.46. The number of anilines is 1. The third-order valence-corrected chi connectivity index (χ3v) is 6.70. The number of amides is 1. The van der Waals surface area contributed by atoms with Crippen LogP contribution in [-0.2, 0) is 10.0 Å². The maximum Gasteiger partial charge on any atom is 0.263 e. The third-order valence-electron chi connectivity index (χ3n) is 4.83. The van der Waals surface area contributed by atoms with Crippen molar-refractivity contribution < 1.29 is 13.2 Å². The van der Waals surface area contributed by atoms with Crippen LogP contribution >= 0.6 is 11.6 Å². The molecule has 0 aromatic heterocycles. The van der Waals surface area contributed by atoms with Gasteiger partial charge in [-0.05, 0) is 68.1 Å². The number of aryl methyl sites for hydroxylation is 2. The monoisotopic (exact) mass is 420 g/mol. The summed E-state index contributed by atoms with van der Waals surface area (Å²) in [4.78, 5) is 14.6. The highest BCUT2D eigenvalue weighted by atomic mass is 35.5. The van der Waals surface area contributed by atoms with E-state index in [1.807, 2.05) is 19.9 Å². The maximum absolute atomic E-state index is 12.9. The van der Waals surface area contributed by atoms with Gasteiger partial charge in [-0.1, -0.05) is 30.5 Å². The molecule has 150 valence electrons. The van der Waals surface area contributed by atoms with E-state index in [1.54, 1.807) is 23.1 Å². The second-order valence-electron chi connectivity index (χ2n) is 7.33. The van der Waals surface area contributed by atoms with E-state index in [0.29, 0.717) is 24.3 Å². The minimum Gasteiger partial charge on any atom is -0.339 e. The van der Waals surface area contributed by atoms with Gasteiger partial charge in [0.1, 0.15) is 4.90 Å². The number of sulfonamides is 1. The molecule has 0 atom stereocenters. The van der Waals surface area contributed by atoms with Gasteiger partial charge in [-0.2, -0.15) is 0 Å². The molecular weight excluding hydrogens is 396 g/mol. The molecule has 0 aliphatic carbocycles. The van der Waals surface area contributed by atoms with Crippen LogP contribution in [0.4, 0.5) is 5.69 Å². The summed E-state index contributed by atoms with van der Waals surface area (Å²) in [6.07, 6.45) is 4.17. The van der Waals surface area contributed by atoms with Gasteiger partial charge in [0.05, 0.1) is 5.02 Å². The standard InChI is InChI=1S/C21H25ClN2O3S/c1-15-11-16(2)13-18(12-15)23-28(26,27)20-14-17(7-8-19(20)22)21(25)24-9-5-3-4-6-10-24/h7-8,11-14,23H,3-6,9-10H2,1-2H3. The lowest BCUT2D eigenvalue weighted by Crippen LogP contribution is -2.32. The van der Waals surface area contributed by atoms with Crippen LogP contribution in [-0.4, -0.2) is 32.3 Å². The summed E-state index contributed by atoms with van der Waals surface area (Å²) in [5, 5.41) is 0.0873. The number of rotatable bonds is 4. The number of hydrogen-bond acceptors (Lipinski definition) is 3. The highest BCUT2D eigenvalue weighted by Crippen LogP contribution is 2.27. The van der Waals surface area contributed by atoms with Crippen molar-refractivity contribution in [2.24, 2.45) is 0 Å². The highest BCUT2D eigenvalue weighted by Gasteiger charge is 2.23. The van der Waals surface area contributed by atoms with E-state index < -0.39 is 10.0 Å². The molecule has 3 rings (SSSR count). The lowest BCUT2D eigenvalue weighted by molar-refractivity contribution is 0.0761. The minimum atomic E-state index is -3.92. The molecule has 2 aromatic rings. The Morgan fingerprint density at radius 2 is 1.57 bits per heavy atom. The predicted molar refractivity (Wildman–Crippen MR) is 113 cm³/mol. The van der Waals surface area contributed by atoms with Crippen molar-refractivity contribution in [2.75, 3.05) is 17.8 Å². The Labute approximate surface area is 171 Å². The van der Waals surface area contributed by atoms with Gasteiger partial charge < -0.3 is 4.90 Å². The van der Waals surface area contributed by atoms with Crippen LogP contribution in [0.15, 0.2) is 41.3 Å². The molecule has 0 saturated carbocycles. The normalized spacial score (nSPS) is 15.2.